The van der Waals surface area contributed by atoms with Crippen molar-refractivity contribution >= 4 is 46.6 Å². The number of fused-ring (bicyclic) bond motifs is 3. The molecule has 2 amide bonds. The first kappa shape index (κ1) is 36.5. The highest BCUT2D eigenvalue weighted by Crippen LogP contribution is 2.35. The van der Waals surface area contributed by atoms with E-state index in [9.17, 15) is 24.0 Å². The first-order valence-electron chi connectivity index (χ1n) is 17.6. The van der Waals surface area contributed by atoms with E-state index < -0.39 is 29.4 Å². The van der Waals surface area contributed by atoms with Crippen LogP contribution in [0.1, 0.15) is 108 Å². The van der Waals surface area contributed by atoms with Crippen molar-refractivity contribution in [3.05, 3.63) is 128 Å². The molecule has 3 aromatic carbocycles. The number of hydrogen-bond acceptors (Lipinski definition) is 9. The number of ether oxygens (including phenoxy) is 2. The zero-order chi connectivity index (χ0) is 38.3. The number of carbonyl (C=O) groups excluding carboxylic acids is 5. The topological polar surface area (TPSA) is 158 Å². The van der Waals surface area contributed by atoms with Gasteiger partial charge in [-0.05, 0) is 92.6 Å². The van der Waals surface area contributed by atoms with Crippen LogP contribution in [0.4, 0.5) is 0 Å². The van der Waals surface area contributed by atoms with Crippen LogP contribution in [0.2, 0.25) is 5.02 Å². The summed E-state index contributed by atoms with van der Waals surface area (Å²) in [6.45, 7) is 7.47. The third kappa shape index (κ3) is 7.47. The van der Waals surface area contributed by atoms with Crippen LogP contribution in [0.3, 0.4) is 0 Å². The van der Waals surface area contributed by atoms with E-state index in [0.29, 0.717) is 34.7 Å². The Morgan fingerprint density at radius 2 is 1.81 bits per heavy atom. The van der Waals surface area contributed by atoms with Gasteiger partial charge in [-0.25, -0.2) is 14.3 Å². The minimum absolute atomic E-state index is 0.00179. The quantitative estimate of drug-likeness (QED) is 0.138. The SMILES string of the molecule is Cc1c(C(=O)OC(C)(C)C)ccc2c1CC[C@@H]2NC(=O)c1cc(C(=O)NCc2ccc3c(c2)CC(=O)CO3)nc2c(C(=O)Cc3ccccc3Cl)cnn12. The van der Waals surface area contributed by atoms with Gasteiger partial charge in [-0.15, -0.1) is 0 Å². The maximum atomic E-state index is 14.1. The van der Waals surface area contributed by atoms with E-state index in [1.54, 1.807) is 42.5 Å². The lowest BCUT2D eigenvalue weighted by atomic mass is 9.97. The van der Waals surface area contributed by atoms with Gasteiger partial charge in [0.25, 0.3) is 11.8 Å². The Labute approximate surface area is 316 Å². The standard InChI is InChI=1S/C41H38ClN5O7/c1-22-27-12-13-32(29(27)11-10-28(22)40(52)54-41(2,3)4)46-39(51)34-18-33(38(50)43-19-23-9-14-36-25(15-23)16-26(48)21-53-36)45-37-30(20-44-47(34)37)35(49)17-24-7-5-6-8-31(24)42/h5-11,14-15,18,20,32H,12-13,16-17,19,21H2,1-4H3,(H,43,50)(H,46,51)/t32-/m0/s1. The van der Waals surface area contributed by atoms with Gasteiger partial charge < -0.3 is 20.1 Å². The molecule has 2 N–H and O–H groups in total. The van der Waals surface area contributed by atoms with Crippen LogP contribution in [0, 0.1) is 6.92 Å². The predicted octanol–water partition coefficient (Wildman–Crippen LogP) is 5.92. The Hall–Kier alpha value is -5.88. The maximum absolute atomic E-state index is 14.1. The average Bonchev–Trinajstić information content (AvgIpc) is 3.75. The third-order valence-electron chi connectivity index (χ3n) is 9.52. The summed E-state index contributed by atoms with van der Waals surface area (Å²) in [7, 11) is 0. The second-order valence-corrected chi connectivity index (χ2v) is 14.9. The lowest BCUT2D eigenvalue weighted by Crippen LogP contribution is -2.31. The van der Waals surface area contributed by atoms with Crippen molar-refractivity contribution in [3.8, 4) is 5.75 Å². The second kappa shape index (κ2) is 14.5. The van der Waals surface area contributed by atoms with Crippen molar-refractivity contribution in [1.29, 1.82) is 0 Å². The summed E-state index contributed by atoms with van der Waals surface area (Å²) < 4.78 is 12.4. The van der Waals surface area contributed by atoms with Crippen molar-refractivity contribution in [2.24, 2.45) is 0 Å². The van der Waals surface area contributed by atoms with Gasteiger partial charge in [0.2, 0.25) is 0 Å². The molecule has 13 heteroatoms. The normalized spacial score (nSPS) is 14.9. The molecule has 54 heavy (non-hydrogen) atoms. The van der Waals surface area contributed by atoms with Gasteiger partial charge in [-0.2, -0.15) is 5.10 Å². The number of rotatable bonds is 9. The molecule has 1 aliphatic heterocycles. The number of carbonyl (C=O) groups is 5. The molecule has 2 aliphatic rings. The van der Waals surface area contributed by atoms with Crippen LogP contribution in [0.25, 0.3) is 5.65 Å². The molecule has 0 saturated heterocycles. The smallest absolute Gasteiger partial charge is 0.338 e. The number of esters is 1. The van der Waals surface area contributed by atoms with Gasteiger partial charge in [-0.1, -0.05) is 41.9 Å². The lowest BCUT2D eigenvalue weighted by molar-refractivity contribution is -0.121. The number of aromatic nitrogens is 3. The molecule has 1 aliphatic carbocycles. The van der Waals surface area contributed by atoms with E-state index in [-0.39, 0.29) is 60.2 Å². The minimum atomic E-state index is -0.644. The molecule has 0 fully saturated rings. The van der Waals surface area contributed by atoms with E-state index >= 15 is 0 Å². The van der Waals surface area contributed by atoms with Crippen molar-refractivity contribution in [2.75, 3.05) is 6.61 Å². The second-order valence-electron chi connectivity index (χ2n) is 14.5. The summed E-state index contributed by atoms with van der Waals surface area (Å²) in [4.78, 5) is 70.8. The van der Waals surface area contributed by atoms with Crippen molar-refractivity contribution in [2.45, 2.75) is 71.6 Å². The highest BCUT2D eigenvalue weighted by molar-refractivity contribution is 6.31. The maximum Gasteiger partial charge on any atom is 0.338 e. The highest BCUT2D eigenvalue weighted by Gasteiger charge is 2.31. The van der Waals surface area contributed by atoms with Crippen LogP contribution in [-0.4, -0.2) is 56.2 Å². The molecule has 276 valence electrons. The fourth-order valence-electron chi connectivity index (χ4n) is 6.88. The molecule has 0 unspecified atom stereocenters. The van der Waals surface area contributed by atoms with Gasteiger partial charge in [-0.3, -0.25) is 19.2 Å². The lowest BCUT2D eigenvalue weighted by Gasteiger charge is -2.21. The number of nitrogens with one attached hydrogen (secondary N) is 2. The van der Waals surface area contributed by atoms with Crippen molar-refractivity contribution < 1.29 is 33.4 Å². The van der Waals surface area contributed by atoms with Gasteiger partial charge in [0.15, 0.2) is 17.2 Å². The van der Waals surface area contributed by atoms with Gasteiger partial charge in [0.05, 0.1) is 23.4 Å². The Bertz CT molecular complexity index is 2380. The van der Waals surface area contributed by atoms with Gasteiger partial charge in [0, 0.05) is 36.0 Å². The Balaban J connectivity index is 1.18. The highest BCUT2D eigenvalue weighted by atomic mass is 35.5. The summed E-state index contributed by atoms with van der Waals surface area (Å²) in [5.41, 5.74) is 4.63. The molecule has 2 aromatic heterocycles. The Morgan fingerprint density at radius 3 is 2.59 bits per heavy atom. The Kier molecular flexibility index (Phi) is 9.80. The molecular formula is C41H38ClN5O7. The number of benzene rings is 3. The van der Waals surface area contributed by atoms with E-state index in [2.05, 4.69) is 20.7 Å². The zero-order valence-corrected chi connectivity index (χ0v) is 31.0. The largest absolute Gasteiger partial charge is 0.486 e. The first-order chi connectivity index (χ1) is 25.8. The summed E-state index contributed by atoms with van der Waals surface area (Å²) in [5.74, 6) is -1.27. The van der Waals surface area contributed by atoms with E-state index in [1.807, 2.05) is 39.8 Å². The summed E-state index contributed by atoms with van der Waals surface area (Å²) in [6, 6.07) is 16.9. The van der Waals surface area contributed by atoms with Gasteiger partial charge >= 0.3 is 5.97 Å². The number of amides is 2. The summed E-state index contributed by atoms with van der Waals surface area (Å²) >= 11 is 6.35. The fourth-order valence-corrected chi connectivity index (χ4v) is 7.08. The number of Topliss-reactive ketones (excluding diaryl/α,β-unsaturated/α-hetero) is 2. The summed E-state index contributed by atoms with van der Waals surface area (Å²) in [5, 5.41) is 10.7. The van der Waals surface area contributed by atoms with Crippen LogP contribution >= 0.6 is 11.6 Å². The first-order valence-corrected chi connectivity index (χ1v) is 18.0. The Morgan fingerprint density at radius 1 is 1.02 bits per heavy atom. The molecule has 3 heterocycles. The molecular weight excluding hydrogens is 710 g/mol. The van der Waals surface area contributed by atoms with Crippen LogP contribution < -0.4 is 15.4 Å². The molecule has 12 nitrogen and oxygen atoms in total. The molecule has 7 rings (SSSR count). The minimum Gasteiger partial charge on any atom is -0.486 e. The molecule has 0 spiro atoms. The van der Waals surface area contributed by atoms with Crippen molar-refractivity contribution in [3.63, 3.8) is 0 Å². The average molecular weight is 748 g/mol. The molecule has 5 aromatic rings. The van der Waals surface area contributed by atoms with Gasteiger partial charge in [0.1, 0.15) is 29.3 Å². The van der Waals surface area contributed by atoms with Crippen molar-refractivity contribution in [1.82, 2.24) is 25.2 Å². The number of halogens is 1. The van der Waals surface area contributed by atoms with Crippen LogP contribution in [0.5, 0.6) is 5.75 Å². The molecule has 0 saturated carbocycles. The number of ketones is 2. The summed E-state index contributed by atoms with van der Waals surface area (Å²) in [6.07, 6.45) is 2.75. The molecule has 0 radical (unpaired) electrons. The number of nitrogens with zero attached hydrogens (tertiary/aromatic N) is 3. The predicted molar refractivity (Wildman–Crippen MR) is 199 cm³/mol. The monoisotopic (exact) mass is 747 g/mol. The van der Waals surface area contributed by atoms with Crippen LogP contribution in [0.15, 0.2) is 66.9 Å². The van der Waals surface area contributed by atoms with E-state index in [0.717, 1.165) is 27.8 Å². The molecule has 1 atom stereocenters. The third-order valence-corrected chi connectivity index (χ3v) is 9.89. The van der Waals surface area contributed by atoms with E-state index in [1.165, 1.54) is 16.8 Å². The molecule has 0 bridgehead atoms. The van der Waals surface area contributed by atoms with Crippen LogP contribution in [-0.2, 0) is 35.3 Å². The number of hydrogen-bond donors (Lipinski definition) is 2. The zero-order valence-electron chi connectivity index (χ0n) is 30.2. The van der Waals surface area contributed by atoms with E-state index in [4.69, 9.17) is 21.1 Å². The fraction of sp³-hybridized carbons (Fsp3) is 0.293.